The zero-order valence-electron chi connectivity index (χ0n) is 16.0. The molecular formula is C23H18Cl2N2O3. The minimum absolute atomic E-state index is 0.185. The average Bonchev–Trinajstić information content (AvgIpc) is 2.74. The molecule has 0 atom stereocenters. The number of ketones is 1. The van der Waals surface area contributed by atoms with Gasteiger partial charge in [0.2, 0.25) is 0 Å². The van der Waals surface area contributed by atoms with Crippen LogP contribution in [0.5, 0.6) is 5.75 Å². The van der Waals surface area contributed by atoms with Crippen LogP contribution in [0.15, 0.2) is 72.8 Å². The van der Waals surface area contributed by atoms with Crippen molar-refractivity contribution in [2.75, 3.05) is 17.7 Å². The van der Waals surface area contributed by atoms with Crippen LogP contribution in [0.2, 0.25) is 10.0 Å². The van der Waals surface area contributed by atoms with Crippen molar-refractivity contribution in [3.63, 3.8) is 0 Å². The maximum atomic E-state index is 12.4. The third kappa shape index (κ3) is 5.86. The zero-order chi connectivity index (χ0) is 21.5. The molecule has 0 saturated carbocycles. The molecule has 0 aliphatic carbocycles. The largest absolute Gasteiger partial charge is 0.497 e. The molecule has 0 aliphatic heterocycles. The topological polar surface area (TPSA) is 67.4 Å². The summed E-state index contributed by atoms with van der Waals surface area (Å²) >= 11 is 12.0. The normalized spacial score (nSPS) is 10.6. The standard InChI is InChI=1S/C23H18Cl2N2O3/c1-30-20-11-9-19(10-12-20)27-23(29)26-18-7-3-16(4-8-18)22(28)13-5-15-2-6-17(24)14-21(15)25/h2-14H,1H3,(H2,26,27,29)/b13-5+. The third-order valence-electron chi connectivity index (χ3n) is 4.15. The van der Waals surface area contributed by atoms with Crippen molar-refractivity contribution in [1.29, 1.82) is 0 Å². The third-order valence-corrected chi connectivity index (χ3v) is 4.71. The second-order valence-electron chi connectivity index (χ2n) is 6.25. The van der Waals surface area contributed by atoms with E-state index in [1.165, 1.54) is 6.08 Å². The van der Waals surface area contributed by atoms with Gasteiger partial charge in [0.1, 0.15) is 5.75 Å². The molecule has 2 amide bonds. The zero-order valence-corrected chi connectivity index (χ0v) is 17.5. The second-order valence-corrected chi connectivity index (χ2v) is 7.09. The smallest absolute Gasteiger partial charge is 0.323 e. The van der Waals surface area contributed by atoms with E-state index in [0.717, 1.165) is 0 Å². The van der Waals surface area contributed by atoms with E-state index in [2.05, 4.69) is 10.6 Å². The lowest BCUT2D eigenvalue weighted by atomic mass is 10.1. The highest BCUT2D eigenvalue weighted by molar-refractivity contribution is 6.35. The van der Waals surface area contributed by atoms with Crippen LogP contribution in [-0.2, 0) is 0 Å². The van der Waals surface area contributed by atoms with Crippen LogP contribution in [0.4, 0.5) is 16.2 Å². The lowest BCUT2D eigenvalue weighted by molar-refractivity contribution is 0.104. The molecule has 0 aliphatic rings. The summed E-state index contributed by atoms with van der Waals surface area (Å²) in [4.78, 5) is 24.5. The fourth-order valence-corrected chi connectivity index (χ4v) is 3.06. The Morgan fingerprint density at radius 1 is 0.867 bits per heavy atom. The summed E-state index contributed by atoms with van der Waals surface area (Å²) in [5, 5.41) is 6.43. The van der Waals surface area contributed by atoms with Crippen molar-refractivity contribution in [3.05, 3.63) is 94.0 Å². The first-order valence-corrected chi connectivity index (χ1v) is 9.70. The quantitative estimate of drug-likeness (QED) is 0.337. The van der Waals surface area contributed by atoms with Crippen LogP contribution in [-0.4, -0.2) is 18.9 Å². The minimum atomic E-state index is -0.392. The van der Waals surface area contributed by atoms with Crippen molar-refractivity contribution in [3.8, 4) is 5.75 Å². The number of hydrogen-bond donors (Lipinski definition) is 2. The lowest BCUT2D eigenvalue weighted by Crippen LogP contribution is -2.19. The van der Waals surface area contributed by atoms with Gasteiger partial charge in [0, 0.05) is 27.0 Å². The van der Waals surface area contributed by atoms with Gasteiger partial charge in [0.25, 0.3) is 0 Å². The number of urea groups is 1. The number of anilines is 2. The van der Waals surface area contributed by atoms with Crippen molar-refractivity contribution < 1.29 is 14.3 Å². The van der Waals surface area contributed by atoms with E-state index in [0.29, 0.717) is 38.3 Å². The van der Waals surface area contributed by atoms with E-state index >= 15 is 0 Å². The van der Waals surface area contributed by atoms with Crippen molar-refractivity contribution >= 4 is 52.5 Å². The van der Waals surface area contributed by atoms with E-state index in [-0.39, 0.29) is 5.78 Å². The summed E-state index contributed by atoms with van der Waals surface area (Å²) in [6, 6.07) is 18.2. The highest BCUT2D eigenvalue weighted by Gasteiger charge is 2.06. The number of amides is 2. The van der Waals surface area contributed by atoms with Crippen LogP contribution in [0, 0.1) is 0 Å². The fraction of sp³-hybridized carbons (Fsp3) is 0.0435. The summed E-state index contributed by atoms with van der Waals surface area (Å²) in [6.45, 7) is 0. The van der Waals surface area contributed by atoms with Crippen LogP contribution in [0.1, 0.15) is 15.9 Å². The molecule has 152 valence electrons. The van der Waals surface area contributed by atoms with Crippen LogP contribution >= 0.6 is 23.2 Å². The SMILES string of the molecule is COc1ccc(NC(=O)Nc2ccc(C(=O)/C=C/c3ccc(Cl)cc3Cl)cc2)cc1. The van der Waals surface area contributed by atoms with Gasteiger partial charge in [-0.25, -0.2) is 4.79 Å². The number of benzene rings is 3. The number of nitrogens with one attached hydrogen (secondary N) is 2. The number of carbonyl (C=O) groups excluding carboxylic acids is 2. The fourth-order valence-electron chi connectivity index (χ4n) is 2.58. The van der Waals surface area contributed by atoms with Crippen molar-refractivity contribution in [2.24, 2.45) is 0 Å². The Morgan fingerprint density at radius 3 is 2.03 bits per heavy atom. The first kappa shape index (κ1) is 21.4. The van der Waals surface area contributed by atoms with E-state index in [1.54, 1.807) is 79.9 Å². The molecule has 2 N–H and O–H groups in total. The molecule has 0 unspecified atom stereocenters. The molecule has 0 spiro atoms. The number of rotatable bonds is 6. The Bertz CT molecular complexity index is 1080. The van der Waals surface area contributed by atoms with E-state index in [1.807, 2.05) is 0 Å². The highest BCUT2D eigenvalue weighted by Crippen LogP contribution is 2.22. The molecule has 0 radical (unpaired) electrons. The number of methoxy groups -OCH3 is 1. The summed E-state index contributed by atoms with van der Waals surface area (Å²) in [5.74, 6) is 0.517. The number of allylic oxidation sites excluding steroid dienone is 1. The number of hydrogen-bond acceptors (Lipinski definition) is 3. The van der Waals surface area contributed by atoms with Gasteiger partial charge < -0.3 is 15.4 Å². The number of carbonyl (C=O) groups is 2. The molecule has 5 nitrogen and oxygen atoms in total. The van der Waals surface area contributed by atoms with Crippen LogP contribution < -0.4 is 15.4 Å². The molecule has 3 aromatic rings. The molecule has 3 rings (SSSR count). The van der Waals surface area contributed by atoms with Gasteiger partial charge in [0.05, 0.1) is 7.11 Å². The highest BCUT2D eigenvalue weighted by atomic mass is 35.5. The van der Waals surface area contributed by atoms with Crippen LogP contribution in [0.25, 0.3) is 6.08 Å². The summed E-state index contributed by atoms with van der Waals surface area (Å²) < 4.78 is 5.08. The molecule has 0 saturated heterocycles. The van der Waals surface area contributed by atoms with Gasteiger partial charge in [-0.15, -0.1) is 0 Å². The minimum Gasteiger partial charge on any atom is -0.497 e. The van der Waals surface area contributed by atoms with E-state index in [4.69, 9.17) is 27.9 Å². The van der Waals surface area contributed by atoms with Gasteiger partial charge in [-0.05, 0) is 78.4 Å². The lowest BCUT2D eigenvalue weighted by Gasteiger charge is -2.08. The predicted octanol–water partition coefficient (Wildman–Crippen LogP) is 6.54. The monoisotopic (exact) mass is 440 g/mol. The Kier molecular flexibility index (Phi) is 7.12. The second kappa shape index (κ2) is 9.96. The van der Waals surface area contributed by atoms with Gasteiger partial charge in [-0.3, -0.25) is 4.79 Å². The van der Waals surface area contributed by atoms with Crippen molar-refractivity contribution in [2.45, 2.75) is 0 Å². The Morgan fingerprint density at radius 2 is 1.47 bits per heavy atom. The molecule has 0 bridgehead atoms. The van der Waals surface area contributed by atoms with Gasteiger partial charge in [-0.1, -0.05) is 29.3 Å². The molecule has 0 fully saturated rings. The maximum absolute atomic E-state index is 12.4. The van der Waals surface area contributed by atoms with Gasteiger partial charge >= 0.3 is 6.03 Å². The Hall–Kier alpha value is -3.28. The Balaban J connectivity index is 1.58. The molecule has 0 heterocycles. The van der Waals surface area contributed by atoms with E-state index in [9.17, 15) is 9.59 Å². The van der Waals surface area contributed by atoms with Crippen LogP contribution in [0.3, 0.4) is 0 Å². The maximum Gasteiger partial charge on any atom is 0.323 e. The van der Waals surface area contributed by atoms with E-state index < -0.39 is 6.03 Å². The predicted molar refractivity (Wildman–Crippen MR) is 122 cm³/mol. The number of ether oxygens (including phenoxy) is 1. The molecule has 0 aromatic heterocycles. The summed E-state index contributed by atoms with van der Waals surface area (Å²) in [5.41, 5.74) is 2.37. The van der Waals surface area contributed by atoms with Gasteiger partial charge in [0.15, 0.2) is 5.78 Å². The average molecular weight is 441 g/mol. The summed E-state index contributed by atoms with van der Waals surface area (Å²) in [7, 11) is 1.58. The van der Waals surface area contributed by atoms with Gasteiger partial charge in [-0.2, -0.15) is 0 Å². The molecule has 3 aromatic carbocycles. The molecule has 30 heavy (non-hydrogen) atoms. The number of halogens is 2. The first-order valence-electron chi connectivity index (χ1n) is 8.94. The summed E-state index contributed by atoms with van der Waals surface area (Å²) in [6.07, 6.45) is 3.07. The first-order chi connectivity index (χ1) is 14.4. The van der Waals surface area contributed by atoms with Crippen molar-refractivity contribution in [1.82, 2.24) is 0 Å². The Labute approximate surface area is 184 Å². The molecule has 7 heteroatoms. The molecular weight excluding hydrogens is 423 g/mol.